The summed E-state index contributed by atoms with van der Waals surface area (Å²) in [6, 6.07) is 17.7. The van der Waals surface area contributed by atoms with Crippen LogP contribution in [-0.4, -0.2) is 59.3 Å². The summed E-state index contributed by atoms with van der Waals surface area (Å²) in [4.78, 5) is 2.32. The van der Waals surface area contributed by atoms with Gasteiger partial charge in [0.05, 0.1) is 36.8 Å². The van der Waals surface area contributed by atoms with Crippen LogP contribution in [-0.2, 0) is 17.7 Å². The minimum absolute atomic E-state index is 0.339. The minimum Gasteiger partial charge on any atom is -0.493 e. The molecular weight excluding hydrogens is 442 g/mol. The highest BCUT2D eigenvalue weighted by atomic mass is 16.5. The molecule has 0 amide bonds. The second kappa shape index (κ2) is 12.2. The molecule has 1 aliphatic carbocycles. The van der Waals surface area contributed by atoms with Crippen LogP contribution in [0.25, 0.3) is 5.69 Å². The number of para-hydroxylation sites is 3. The molecule has 0 spiro atoms. The molecule has 1 fully saturated rings. The first-order valence-electron chi connectivity index (χ1n) is 12.6. The summed E-state index contributed by atoms with van der Waals surface area (Å²) < 4.78 is 19.5. The van der Waals surface area contributed by atoms with Crippen LogP contribution in [0.3, 0.4) is 0 Å². The molecule has 0 aliphatic heterocycles. The lowest BCUT2D eigenvalue weighted by Crippen LogP contribution is -2.36. The number of aliphatic hydroxyl groups excluding tert-OH is 1. The van der Waals surface area contributed by atoms with Crippen LogP contribution in [0.15, 0.2) is 54.6 Å². The number of nitrogens with zero attached hydrogens (tertiary/aromatic N) is 3. The molecule has 188 valence electrons. The van der Waals surface area contributed by atoms with Crippen molar-refractivity contribution in [2.45, 2.75) is 45.8 Å². The third kappa shape index (κ3) is 6.63. The molecule has 1 atom stereocenters. The fourth-order valence-electron chi connectivity index (χ4n) is 4.27. The fraction of sp³-hybridized carbons (Fsp3) is 0.464. The van der Waals surface area contributed by atoms with Crippen LogP contribution >= 0.6 is 0 Å². The van der Waals surface area contributed by atoms with E-state index in [1.807, 2.05) is 66.2 Å². The third-order valence-electron chi connectivity index (χ3n) is 6.21. The Morgan fingerprint density at radius 2 is 1.77 bits per heavy atom. The van der Waals surface area contributed by atoms with Crippen molar-refractivity contribution in [2.24, 2.45) is 5.92 Å². The van der Waals surface area contributed by atoms with E-state index in [-0.39, 0.29) is 0 Å². The maximum atomic E-state index is 10.6. The second-order valence-electron chi connectivity index (χ2n) is 9.03. The summed E-state index contributed by atoms with van der Waals surface area (Å²) in [5, 5.41) is 15.6. The highest BCUT2D eigenvalue weighted by Gasteiger charge is 2.29. The molecule has 0 saturated heterocycles. The standard InChI is InChI=1S/C28H37N3O4/c1-4-25-24(19-30(17-21-15-16-21)18-23(32)20-34-5-2)28(31(29-25)22-11-7-6-8-12-22)35-27-14-10-9-13-26(27)33-3/h6-14,21,23,32H,4-5,15-20H2,1-3H3. The van der Waals surface area contributed by atoms with Crippen molar-refractivity contribution in [2.75, 3.05) is 33.4 Å². The Labute approximate surface area is 208 Å². The molecule has 35 heavy (non-hydrogen) atoms. The lowest BCUT2D eigenvalue weighted by molar-refractivity contribution is 0.0186. The van der Waals surface area contributed by atoms with Crippen molar-refractivity contribution in [1.82, 2.24) is 14.7 Å². The van der Waals surface area contributed by atoms with Gasteiger partial charge < -0.3 is 19.3 Å². The van der Waals surface area contributed by atoms with Gasteiger partial charge in [-0.25, -0.2) is 4.68 Å². The number of aromatic nitrogens is 2. The molecule has 1 aliphatic rings. The number of methoxy groups -OCH3 is 1. The van der Waals surface area contributed by atoms with Crippen LogP contribution < -0.4 is 9.47 Å². The Morgan fingerprint density at radius 1 is 1.06 bits per heavy atom. The molecule has 1 saturated carbocycles. The predicted molar refractivity (Wildman–Crippen MR) is 137 cm³/mol. The predicted octanol–water partition coefficient (Wildman–Crippen LogP) is 4.85. The van der Waals surface area contributed by atoms with Gasteiger partial charge in [0, 0.05) is 26.2 Å². The first-order valence-corrected chi connectivity index (χ1v) is 12.6. The largest absolute Gasteiger partial charge is 0.493 e. The third-order valence-corrected chi connectivity index (χ3v) is 6.21. The number of aryl methyl sites for hydroxylation is 1. The SMILES string of the molecule is CCOCC(O)CN(Cc1c(CC)nn(-c2ccccc2)c1Oc1ccccc1OC)CC1CC1. The average molecular weight is 480 g/mol. The lowest BCUT2D eigenvalue weighted by Gasteiger charge is -2.25. The van der Waals surface area contributed by atoms with E-state index in [4.69, 9.17) is 19.3 Å². The molecule has 0 bridgehead atoms. The lowest BCUT2D eigenvalue weighted by atomic mass is 10.1. The van der Waals surface area contributed by atoms with Gasteiger partial charge in [0.2, 0.25) is 5.88 Å². The van der Waals surface area contributed by atoms with E-state index in [0.29, 0.717) is 49.6 Å². The number of benzene rings is 2. The van der Waals surface area contributed by atoms with Crippen molar-refractivity contribution in [1.29, 1.82) is 0 Å². The summed E-state index contributed by atoms with van der Waals surface area (Å²) in [7, 11) is 1.65. The molecule has 7 nitrogen and oxygen atoms in total. The van der Waals surface area contributed by atoms with E-state index < -0.39 is 6.10 Å². The van der Waals surface area contributed by atoms with Crippen LogP contribution in [0.1, 0.15) is 37.9 Å². The van der Waals surface area contributed by atoms with Gasteiger partial charge >= 0.3 is 0 Å². The monoisotopic (exact) mass is 479 g/mol. The molecule has 7 heteroatoms. The number of ether oxygens (including phenoxy) is 3. The molecule has 1 heterocycles. The number of rotatable bonds is 14. The average Bonchev–Trinajstić information content (AvgIpc) is 3.64. The van der Waals surface area contributed by atoms with Gasteiger partial charge in [0.15, 0.2) is 11.5 Å². The smallest absolute Gasteiger partial charge is 0.227 e. The van der Waals surface area contributed by atoms with Gasteiger partial charge in [-0.2, -0.15) is 5.10 Å². The zero-order valence-electron chi connectivity index (χ0n) is 21.0. The van der Waals surface area contributed by atoms with Crippen molar-refractivity contribution in [3.8, 4) is 23.1 Å². The van der Waals surface area contributed by atoms with Gasteiger partial charge in [0.25, 0.3) is 0 Å². The van der Waals surface area contributed by atoms with Gasteiger partial charge in [-0.05, 0) is 56.4 Å². The summed E-state index contributed by atoms with van der Waals surface area (Å²) in [6.45, 7) is 7.12. The van der Waals surface area contributed by atoms with Gasteiger partial charge in [0.1, 0.15) is 0 Å². The van der Waals surface area contributed by atoms with Gasteiger partial charge in [-0.3, -0.25) is 4.90 Å². The first-order chi connectivity index (χ1) is 17.1. The Hall–Kier alpha value is -2.87. The van der Waals surface area contributed by atoms with Crippen molar-refractivity contribution in [3.63, 3.8) is 0 Å². The van der Waals surface area contributed by atoms with Crippen molar-refractivity contribution < 1.29 is 19.3 Å². The topological polar surface area (TPSA) is 69.0 Å². The van der Waals surface area contributed by atoms with E-state index >= 15 is 0 Å². The van der Waals surface area contributed by atoms with Crippen LogP contribution in [0, 0.1) is 5.92 Å². The Balaban J connectivity index is 1.71. The normalized spacial score (nSPS) is 14.3. The zero-order chi connectivity index (χ0) is 24.6. The van der Waals surface area contributed by atoms with E-state index in [1.165, 1.54) is 12.8 Å². The maximum Gasteiger partial charge on any atom is 0.227 e. The van der Waals surface area contributed by atoms with Crippen molar-refractivity contribution in [3.05, 3.63) is 65.9 Å². The molecule has 1 unspecified atom stereocenters. The number of aliphatic hydroxyl groups is 1. The van der Waals surface area contributed by atoms with Crippen LogP contribution in [0.4, 0.5) is 0 Å². The molecule has 0 radical (unpaired) electrons. The molecule has 2 aromatic carbocycles. The van der Waals surface area contributed by atoms with Gasteiger partial charge in [-0.1, -0.05) is 37.3 Å². The molecule has 1 aromatic heterocycles. The molecule has 3 aromatic rings. The number of hydrogen-bond acceptors (Lipinski definition) is 6. The molecule has 4 rings (SSSR count). The van der Waals surface area contributed by atoms with Crippen LogP contribution in [0.2, 0.25) is 0 Å². The highest BCUT2D eigenvalue weighted by Crippen LogP contribution is 2.37. The van der Waals surface area contributed by atoms with Crippen molar-refractivity contribution >= 4 is 0 Å². The Morgan fingerprint density at radius 3 is 2.43 bits per heavy atom. The maximum absolute atomic E-state index is 10.6. The second-order valence-corrected chi connectivity index (χ2v) is 9.03. The van der Waals surface area contributed by atoms with Crippen LogP contribution in [0.5, 0.6) is 17.4 Å². The summed E-state index contributed by atoms with van der Waals surface area (Å²) in [5.74, 6) is 2.67. The first kappa shape index (κ1) is 25.2. The zero-order valence-corrected chi connectivity index (χ0v) is 21.0. The number of hydrogen-bond donors (Lipinski definition) is 1. The quantitative estimate of drug-likeness (QED) is 0.357. The fourth-order valence-corrected chi connectivity index (χ4v) is 4.27. The van der Waals surface area contributed by atoms with E-state index in [1.54, 1.807) is 7.11 Å². The summed E-state index contributed by atoms with van der Waals surface area (Å²) in [6.07, 6.45) is 2.72. The molecular formula is C28H37N3O4. The minimum atomic E-state index is -0.540. The van der Waals surface area contributed by atoms with E-state index in [9.17, 15) is 5.11 Å². The Bertz CT molecular complexity index is 1070. The Kier molecular flexibility index (Phi) is 8.79. The van der Waals surface area contributed by atoms with E-state index in [0.717, 1.165) is 29.9 Å². The van der Waals surface area contributed by atoms with E-state index in [2.05, 4.69) is 11.8 Å². The summed E-state index contributed by atoms with van der Waals surface area (Å²) in [5.41, 5.74) is 2.95. The molecule has 1 N–H and O–H groups in total. The highest BCUT2D eigenvalue weighted by molar-refractivity contribution is 5.47. The summed E-state index contributed by atoms with van der Waals surface area (Å²) >= 11 is 0. The van der Waals surface area contributed by atoms with Gasteiger partial charge in [-0.15, -0.1) is 0 Å².